The first kappa shape index (κ1) is 11.7. The predicted molar refractivity (Wildman–Crippen MR) is 49.4 cm³/mol. The van der Waals surface area contributed by atoms with Gasteiger partial charge in [-0.1, -0.05) is 0 Å². The summed E-state index contributed by atoms with van der Waals surface area (Å²) in [5.41, 5.74) is 0. The fraction of sp³-hybridized carbons (Fsp3) is 0.875. The Hall–Kier alpha value is -0.280. The molecule has 0 saturated carbocycles. The lowest BCUT2D eigenvalue weighted by atomic mass is 10.4. The van der Waals surface area contributed by atoms with E-state index in [1.54, 1.807) is 6.92 Å². The fourth-order valence-electron chi connectivity index (χ4n) is 0.630. The van der Waals surface area contributed by atoms with Crippen LogP contribution in [0.5, 0.6) is 0 Å². The monoisotopic (exact) mass is 193 g/mol. The molecule has 0 aliphatic heterocycles. The molecule has 4 heteroatoms. The Labute approximate surface area is 78.6 Å². The van der Waals surface area contributed by atoms with Gasteiger partial charge in [-0.15, -0.1) is 11.6 Å². The van der Waals surface area contributed by atoms with Gasteiger partial charge in [-0.25, -0.2) is 0 Å². The molecule has 0 aromatic rings. The van der Waals surface area contributed by atoms with Gasteiger partial charge in [-0.2, -0.15) is 0 Å². The molecule has 0 aromatic heterocycles. The van der Waals surface area contributed by atoms with E-state index in [-0.39, 0.29) is 12.1 Å². The molecule has 0 N–H and O–H groups in total. The highest BCUT2D eigenvalue weighted by molar-refractivity contribution is 6.18. The summed E-state index contributed by atoms with van der Waals surface area (Å²) < 4.78 is 4.95. The van der Waals surface area contributed by atoms with Gasteiger partial charge < -0.3 is 9.64 Å². The molecule has 12 heavy (non-hydrogen) atoms. The number of nitrogens with zero attached hydrogens (tertiary/aromatic N) is 1. The van der Waals surface area contributed by atoms with Crippen molar-refractivity contribution in [1.82, 2.24) is 4.90 Å². The summed E-state index contributed by atoms with van der Waals surface area (Å²) in [6.07, 6.45) is 0.246. The van der Waals surface area contributed by atoms with Gasteiger partial charge in [-0.3, -0.25) is 4.79 Å². The molecule has 0 rings (SSSR count). The molecule has 0 unspecified atom stereocenters. The lowest BCUT2D eigenvalue weighted by molar-refractivity contribution is -0.147. The van der Waals surface area contributed by atoms with Crippen molar-refractivity contribution in [2.45, 2.75) is 19.4 Å². The first-order chi connectivity index (χ1) is 5.56. The Morgan fingerprint density at radius 3 is 2.58 bits per heavy atom. The minimum Gasteiger partial charge on any atom is -0.461 e. The van der Waals surface area contributed by atoms with Gasteiger partial charge in [0.15, 0.2) is 0 Å². The van der Waals surface area contributed by atoms with Gasteiger partial charge in [0, 0.05) is 6.54 Å². The first-order valence-electron chi connectivity index (χ1n) is 3.96. The van der Waals surface area contributed by atoms with Gasteiger partial charge in [0.2, 0.25) is 0 Å². The molecule has 0 aromatic carbocycles. The molecule has 0 amide bonds. The maximum absolute atomic E-state index is 11.0. The maximum atomic E-state index is 11.0. The highest BCUT2D eigenvalue weighted by Gasteiger charge is 2.07. The second-order valence-electron chi connectivity index (χ2n) is 3.01. The van der Waals surface area contributed by atoms with Gasteiger partial charge in [0.1, 0.15) is 6.10 Å². The Morgan fingerprint density at radius 1 is 1.58 bits per heavy atom. The summed E-state index contributed by atoms with van der Waals surface area (Å²) in [7, 11) is 3.83. The Kier molecular flexibility index (Phi) is 6.11. The van der Waals surface area contributed by atoms with Gasteiger partial charge in [0.25, 0.3) is 0 Å². The van der Waals surface area contributed by atoms with Crippen LogP contribution in [0.25, 0.3) is 0 Å². The molecule has 3 nitrogen and oxygen atoms in total. The minimum atomic E-state index is -0.183. The molecule has 0 aliphatic carbocycles. The Bertz CT molecular complexity index is 139. The second-order valence-corrected chi connectivity index (χ2v) is 3.32. The van der Waals surface area contributed by atoms with Crippen LogP contribution in [0.4, 0.5) is 0 Å². The van der Waals surface area contributed by atoms with Crippen molar-refractivity contribution in [2.24, 2.45) is 0 Å². The number of carbonyl (C=O) groups excluding carboxylic acids is 1. The van der Waals surface area contributed by atoms with E-state index >= 15 is 0 Å². The molecular formula is C8H16ClNO2. The van der Waals surface area contributed by atoms with Crippen molar-refractivity contribution in [3.63, 3.8) is 0 Å². The molecule has 0 saturated heterocycles. The van der Waals surface area contributed by atoms with Crippen LogP contribution < -0.4 is 0 Å². The highest BCUT2D eigenvalue weighted by Crippen LogP contribution is 1.97. The number of hydrogen-bond donors (Lipinski definition) is 0. The maximum Gasteiger partial charge on any atom is 0.307 e. The number of carbonyl (C=O) groups is 1. The van der Waals surface area contributed by atoms with Gasteiger partial charge in [-0.05, 0) is 21.0 Å². The van der Waals surface area contributed by atoms with Crippen LogP contribution in [0.3, 0.4) is 0 Å². The van der Waals surface area contributed by atoms with E-state index in [4.69, 9.17) is 16.3 Å². The third kappa shape index (κ3) is 6.43. The smallest absolute Gasteiger partial charge is 0.307 e. The highest BCUT2D eigenvalue weighted by atomic mass is 35.5. The summed E-state index contributed by atoms with van der Waals surface area (Å²) >= 11 is 5.47. The molecule has 0 radical (unpaired) electrons. The standard InChI is InChI=1S/C8H16ClNO2/c1-7(6-9)12-8(11)4-5-10(2)3/h7H,4-6H2,1-3H3/t7-/m0/s1. The third-order valence-electron chi connectivity index (χ3n) is 1.31. The fourth-order valence-corrected chi connectivity index (χ4v) is 0.693. The van der Waals surface area contributed by atoms with E-state index in [0.717, 1.165) is 0 Å². The summed E-state index contributed by atoms with van der Waals surface area (Å²) in [6, 6.07) is 0. The molecule has 0 bridgehead atoms. The minimum absolute atomic E-state index is 0.179. The number of rotatable bonds is 5. The second kappa shape index (κ2) is 6.26. The van der Waals surface area contributed by atoms with Crippen molar-refractivity contribution in [2.75, 3.05) is 26.5 Å². The van der Waals surface area contributed by atoms with E-state index < -0.39 is 0 Å². The average molecular weight is 194 g/mol. The summed E-state index contributed by atoms with van der Waals surface area (Å²) in [5.74, 6) is 0.171. The number of alkyl halides is 1. The Morgan fingerprint density at radius 2 is 2.17 bits per heavy atom. The van der Waals surface area contributed by atoms with Crippen LogP contribution in [0.1, 0.15) is 13.3 Å². The van der Waals surface area contributed by atoms with Crippen LogP contribution in [0, 0.1) is 0 Å². The van der Waals surface area contributed by atoms with E-state index in [0.29, 0.717) is 18.8 Å². The van der Waals surface area contributed by atoms with Crippen LogP contribution >= 0.6 is 11.6 Å². The number of hydrogen-bond acceptors (Lipinski definition) is 3. The Balaban J connectivity index is 3.46. The van der Waals surface area contributed by atoms with Crippen LogP contribution in [0.15, 0.2) is 0 Å². The van der Waals surface area contributed by atoms with E-state index in [1.165, 1.54) is 0 Å². The summed E-state index contributed by atoms with van der Waals surface area (Å²) in [6.45, 7) is 2.49. The SMILES string of the molecule is C[C@@H](CCl)OC(=O)CCN(C)C. The van der Waals surface area contributed by atoms with Crippen molar-refractivity contribution in [1.29, 1.82) is 0 Å². The number of ether oxygens (including phenoxy) is 1. The lowest BCUT2D eigenvalue weighted by Gasteiger charge is -2.12. The molecular weight excluding hydrogens is 178 g/mol. The van der Waals surface area contributed by atoms with E-state index in [9.17, 15) is 4.79 Å². The third-order valence-corrected chi connectivity index (χ3v) is 1.75. The van der Waals surface area contributed by atoms with E-state index in [2.05, 4.69) is 0 Å². The zero-order valence-corrected chi connectivity index (χ0v) is 8.60. The zero-order chi connectivity index (χ0) is 9.56. The van der Waals surface area contributed by atoms with Crippen molar-refractivity contribution < 1.29 is 9.53 Å². The van der Waals surface area contributed by atoms with Crippen LogP contribution in [-0.2, 0) is 9.53 Å². The molecule has 1 atom stereocenters. The number of esters is 1. The quantitative estimate of drug-likeness (QED) is 0.484. The molecule has 0 fully saturated rings. The van der Waals surface area contributed by atoms with Gasteiger partial charge in [0.05, 0.1) is 12.3 Å². The van der Waals surface area contributed by atoms with Crippen LogP contribution in [-0.4, -0.2) is 43.5 Å². The van der Waals surface area contributed by atoms with Crippen molar-refractivity contribution in [3.05, 3.63) is 0 Å². The normalized spacial score (nSPS) is 13.1. The summed E-state index contributed by atoms with van der Waals surface area (Å²) in [4.78, 5) is 12.9. The zero-order valence-electron chi connectivity index (χ0n) is 7.84. The predicted octanol–water partition coefficient (Wildman–Crippen LogP) is 1.11. The molecule has 0 spiro atoms. The van der Waals surface area contributed by atoms with Crippen LogP contribution in [0.2, 0.25) is 0 Å². The van der Waals surface area contributed by atoms with E-state index in [1.807, 2.05) is 19.0 Å². The molecule has 72 valence electrons. The summed E-state index contributed by atoms with van der Waals surface area (Å²) in [5, 5.41) is 0. The lowest BCUT2D eigenvalue weighted by Crippen LogP contribution is -2.21. The first-order valence-corrected chi connectivity index (χ1v) is 4.50. The largest absolute Gasteiger partial charge is 0.461 e. The molecule has 0 heterocycles. The molecule has 0 aliphatic rings. The topological polar surface area (TPSA) is 29.5 Å². The average Bonchev–Trinajstić information content (AvgIpc) is 2.00. The van der Waals surface area contributed by atoms with Crippen molar-refractivity contribution in [3.8, 4) is 0 Å². The number of halogens is 1. The van der Waals surface area contributed by atoms with Crippen molar-refractivity contribution >= 4 is 17.6 Å². The van der Waals surface area contributed by atoms with Gasteiger partial charge >= 0.3 is 5.97 Å².